The maximum absolute atomic E-state index is 13.1. The van der Waals surface area contributed by atoms with Gasteiger partial charge in [-0.15, -0.1) is 21.5 Å². The summed E-state index contributed by atoms with van der Waals surface area (Å²) in [6, 6.07) is 11.1. The van der Waals surface area contributed by atoms with Gasteiger partial charge in [-0.3, -0.25) is 14.2 Å². The van der Waals surface area contributed by atoms with Crippen LogP contribution in [0.25, 0.3) is 10.7 Å². The number of carbonyl (C=O) groups excluding carboxylic acids is 2. The lowest BCUT2D eigenvalue weighted by Crippen LogP contribution is -2.19. The van der Waals surface area contributed by atoms with Crippen molar-refractivity contribution < 1.29 is 14.3 Å². The van der Waals surface area contributed by atoms with Crippen molar-refractivity contribution in [2.45, 2.75) is 62.6 Å². The second-order valence-electron chi connectivity index (χ2n) is 8.03. The van der Waals surface area contributed by atoms with E-state index in [1.807, 2.05) is 31.4 Å². The number of nitrogens with zero attached hydrogens (tertiary/aromatic N) is 3. The zero-order chi connectivity index (χ0) is 23.2. The van der Waals surface area contributed by atoms with Crippen LogP contribution in [0.1, 0.15) is 49.9 Å². The number of Topliss-reactive ketones (excluding diaryl/α,β-unsaturated/α-hetero) is 1. The van der Waals surface area contributed by atoms with Crippen molar-refractivity contribution >= 4 is 40.5 Å². The monoisotopic (exact) mass is 484 g/mol. The molecule has 0 bridgehead atoms. The van der Waals surface area contributed by atoms with Crippen LogP contribution in [-0.2, 0) is 16.1 Å². The summed E-state index contributed by atoms with van der Waals surface area (Å²) in [6.07, 6.45) is 3.49. The average Bonchev–Trinajstić information content (AvgIpc) is 3.57. The lowest BCUT2D eigenvalue weighted by atomic mass is 10.1. The molecule has 2 unspecified atom stereocenters. The molecule has 1 saturated heterocycles. The second-order valence-corrected chi connectivity index (χ2v) is 10.3. The smallest absolute Gasteiger partial charge is 0.224 e. The molecule has 1 aliphatic rings. The minimum absolute atomic E-state index is 0.00998. The van der Waals surface area contributed by atoms with Gasteiger partial charge in [0, 0.05) is 24.3 Å². The molecule has 4 rings (SSSR count). The lowest BCUT2D eigenvalue weighted by molar-refractivity contribution is -0.116. The van der Waals surface area contributed by atoms with Crippen LogP contribution in [0.5, 0.6) is 0 Å². The van der Waals surface area contributed by atoms with Gasteiger partial charge in [0.25, 0.3) is 0 Å². The Labute approximate surface area is 201 Å². The highest BCUT2D eigenvalue weighted by Crippen LogP contribution is 2.31. The molecule has 1 amide bonds. The normalized spacial score (nSPS) is 16.6. The van der Waals surface area contributed by atoms with Gasteiger partial charge in [-0.2, -0.15) is 0 Å². The molecule has 0 saturated carbocycles. The Balaban J connectivity index is 1.47. The first kappa shape index (κ1) is 23.7. The minimum Gasteiger partial charge on any atom is -0.376 e. The Bertz CT molecular complexity index is 1070. The van der Waals surface area contributed by atoms with Crippen LogP contribution >= 0.6 is 23.1 Å². The molecule has 3 heterocycles. The number of aromatic nitrogens is 3. The van der Waals surface area contributed by atoms with Crippen LogP contribution in [0.4, 0.5) is 5.69 Å². The molecule has 1 aromatic carbocycles. The van der Waals surface area contributed by atoms with E-state index in [0.717, 1.165) is 41.7 Å². The zero-order valence-corrected chi connectivity index (χ0v) is 20.5. The van der Waals surface area contributed by atoms with Crippen LogP contribution in [0.3, 0.4) is 0 Å². The van der Waals surface area contributed by atoms with Crippen LogP contribution in [-0.4, -0.2) is 44.4 Å². The SMILES string of the molecule is CCCC(=O)Nc1ccc(C(=O)C(C)Sc2nnc(-c3cccs3)n2CC2CCCO2)cc1. The van der Waals surface area contributed by atoms with E-state index in [1.165, 1.54) is 11.8 Å². The largest absolute Gasteiger partial charge is 0.376 e. The van der Waals surface area contributed by atoms with E-state index in [4.69, 9.17) is 4.74 Å². The second kappa shape index (κ2) is 11.1. The van der Waals surface area contributed by atoms with Crippen molar-refractivity contribution in [2.24, 2.45) is 0 Å². The third kappa shape index (κ3) is 5.90. The molecule has 1 N–H and O–H groups in total. The number of benzene rings is 1. The Morgan fingerprint density at radius 1 is 1.27 bits per heavy atom. The number of nitrogens with one attached hydrogen (secondary N) is 1. The van der Waals surface area contributed by atoms with Gasteiger partial charge in [-0.1, -0.05) is 24.8 Å². The van der Waals surface area contributed by atoms with E-state index in [9.17, 15) is 9.59 Å². The first-order valence-corrected chi connectivity index (χ1v) is 13.0. The molecule has 9 heteroatoms. The number of thioether (sulfide) groups is 1. The highest BCUT2D eigenvalue weighted by atomic mass is 32.2. The number of ether oxygens (including phenoxy) is 1. The van der Waals surface area contributed by atoms with Crippen molar-refractivity contribution in [2.75, 3.05) is 11.9 Å². The third-order valence-electron chi connectivity index (χ3n) is 5.45. The number of carbonyl (C=O) groups is 2. The Morgan fingerprint density at radius 3 is 2.76 bits per heavy atom. The summed E-state index contributed by atoms with van der Waals surface area (Å²) in [4.78, 5) is 25.9. The van der Waals surface area contributed by atoms with E-state index in [2.05, 4.69) is 20.1 Å². The highest BCUT2D eigenvalue weighted by Gasteiger charge is 2.25. The van der Waals surface area contributed by atoms with E-state index >= 15 is 0 Å². The summed E-state index contributed by atoms with van der Waals surface area (Å²) >= 11 is 3.04. The molecule has 0 spiro atoms. The molecule has 33 heavy (non-hydrogen) atoms. The number of rotatable bonds is 10. The van der Waals surface area contributed by atoms with Crippen molar-refractivity contribution in [3.63, 3.8) is 0 Å². The van der Waals surface area contributed by atoms with Crippen molar-refractivity contribution in [3.8, 4) is 10.7 Å². The molecule has 7 nitrogen and oxygen atoms in total. The molecule has 174 valence electrons. The predicted octanol–water partition coefficient (Wildman–Crippen LogP) is 5.29. The van der Waals surface area contributed by atoms with Crippen LogP contribution in [0, 0.1) is 0 Å². The molecular formula is C24H28N4O3S2. The van der Waals surface area contributed by atoms with E-state index in [1.54, 1.807) is 35.6 Å². The molecule has 1 aliphatic heterocycles. The van der Waals surface area contributed by atoms with Crippen molar-refractivity contribution in [1.82, 2.24) is 14.8 Å². The quantitative estimate of drug-likeness (QED) is 0.311. The summed E-state index contributed by atoms with van der Waals surface area (Å²) < 4.78 is 7.94. The zero-order valence-electron chi connectivity index (χ0n) is 18.8. The molecular weight excluding hydrogens is 456 g/mol. The number of ketones is 1. The highest BCUT2D eigenvalue weighted by molar-refractivity contribution is 8.00. The van der Waals surface area contributed by atoms with Gasteiger partial charge in [0.1, 0.15) is 0 Å². The molecule has 0 radical (unpaired) electrons. The maximum atomic E-state index is 13.1. The lowest BCUT2D eigenvalue weighted by Gasteiger charge is -2.16. The number of amides is 1. The van der Waals surface area contributed by atoms with Gasteiger partial charge >= 0.3 is 0 Å². The van der Waals surface area contributed by atoms with Crippen molar-refractivity contribution in [3.05, 3.63) is 47.3 Å². The predicted molar refractivity (Wildman–Crippen MR) is 132 cm³/mol. The summed E-state index contributed by atoms with van der Waals surface area (Å²) in [6.45, 7) is 5.31. The number of anilines is 1. The van der Waals surface area contributed by atoms with Gasteiger partial charge in [-0.25, -0.2) is 0 Å². The van der Waals surface area contributed by atoms with Gasteiger partial charge in [0.05, 0.1) is 22.8 Å². The number of hydrogen-bond acceptors (Lipinski definition) is 7. The van der Waals surface area contributed by atoms with Gasteiger partial charge in [0.15, 0.2) is 16.8 Å². The van der Waals surface area contributed by atoms with Gasteiger partial charge in [-0.05, 0) is 61.9 Å². The topological polar surface area (TPSA) is 86.1 Å². The van der Waals surface area contributed by atoms with E-state index in [0.29, 0.717) is 24.2 Å². The first-order valence-electron chi connectivity index (χ1n) is 11.2. The first-order chi connectivity index (χ1) is 16.0. The Hall–Kier alpha value is -2.49. The van der Waals surface area contributed by atoms with Crippen LogP contribution in [0.15, 0.2) is 46.9 Å². The molecule has 1 fully saturated rings. The summed E-state index contributed by atoms with van der Waals surface area (Å²) in [5.74, 6) is 0.804. The summed E-state index contributed by atoms with van der Waals surface area (Å²) in [5, 5.41) is 14.1. The standard InChI is InChI=1S/C24H28N4O3S2/c1-3-6-21(29)25-18-11-9-17(10-12-18)22(30)16(2)33-24-27-26-23(20-8-5-14-32-20)28(24)15-19-7-4-13-31-19/h5,8-12,14,16,19H,3-4,6-7,13,15H2,1-2H3,(H,25,29). The molecule has 3 aromatic rings. The van der Waals surface area contributed by atoms with Crippen molar-refractivity contribution in [1.29, 1.82) is 0 Å². The molecule has 2 atom stereocenters. The van der Waals surface area contributed by atoms with Crippen LogP contribution in [0.2, 0.25) is 0 Å². The van der Waals surface area contributed by atoms with E-state index in [-0.39, 0.29) is 23.0 Å². The Kier molecular flexibility index (Phi) is 7.95. The number of hydrogen-bond donors (Lipinski definition) is 1. The fraction of sp³-hybridized carbons (Fsp3) is 0.417. The van der Waals surface area contributed by atoms with E-state index < -0.39 is 0 Å². The van der Waals surface area contributed by atoms with Crippen LogP contribution < -0.4 is 5.32 Å². The maximum Gasteiger partial charge on any atom is 0.224 e. The molecule has 0 aliphatic carbocycles. The minimum atomic E-state index is -0.339. The molecule has 2 aromatic heterocycles. The number of thiophene rings is 1. The van der Waals surface area contributed by atoms with Gasteiger partial charge < -0.3 is 10.1 Å². The summed E-state index contributed by atoms with van der Waals surface area (Å²) in [5.41, 5.74) is 1.30. The fourth-order valence-electron chi connectivity index (χ4n) is 3.74. The Morgan fingerprint density at radius 2 is 2.09 bits per heavy atom. The fourth-order valence-corrected chi connectivity index (χ4v) is 5.39. The summed E-state index contributed by atoms with van der Waals surface area (Å²) in [7, 11) is 0. The average molecular weight is 485 g/mol. The third-order valence-corrected chi connectivity index (χ3v) is 7.40. The van der Waals surface area contributed by atoms with Gasteiger partial charge in [0.2, 0.25) is 5.91 Å².